The molecule has 0 atom stereocenters. The number of amides is 4. The van der Waals surface area contributed by atoms with Crippen LogP contribution in [0.4, 0.5) is 9.59 Å². The molecule has 0 spiro atoms. The average Bonchev–Trinajstić information content (AvgIpc) is 4.59. The lowest BCUT2D eigenvalue weighted by atomic mass is 10.1. The number of guanidine groups is 6. The minimum atomic E-state index is -0.211. The second-order valence-electron chi connectivity index (χ2n) is 26.6. The van der Waals surface area contributed by atoms with Crippen LogP contribution in [0.15, 0.2) is 0 Å². The minimum Gasteiger partial charge on any atom is -0.370 e. The molecule has 3 rings (SSSR count). The van der Waals surface area contributed by atoms with Crippen molar-refractivity contribution in [3.05, 3.63) is 0 Å². The van der Waals surface area contributed by atoms with Gasteiger partial charge in [-0.25, -0.2) is 9.59 Å². The van der Waals surface area contributed by atoms with Crippen molar-refractivity contribution < 1.29 is 9.59 Å². The SMILES string of the molecule is N=C(N)NCCCCCCCCN(CCCCCCCCNC(=N)NCC1CC1)C(=O)NC(=N)NCCCCCCCCN(CCCCCCCCNC(=N)NCC1CC1)C(=O)NC(=N)NCCCCCCCCNCCCCCCCCNC(=N)NCC1CC1. The van der Waals surface area contributed by atoms with Crippen LogP contribution in [0.25, 0.3) is 0 Å². The Morgan fingerprint density at radius 3 is 0.725 bits per heavy atom. The third-order valence-electron chi connectivity index (χ3n) is 17.6. The number of hydrogen-bond donors (Lipinski definition) is 19. The Kier molecular flexibility index (Phi) is 49.2. The molecule has 0 saturated heterocycles. The number of nitrogens with two attached hydrogens (primary N) is 1. The molecule has 91 heavy (non-hydrogen) atoms. The van der Waals surface area contributed by atoms with Crippen LogP contribution in [0.3, 0.4) is 0 Å². The molecule has 0 aliphatic heterocycles. The maximum Gasteiger partial charge on any atom is 0.324 e. The maximum absolute atomic E-state index is 13.6. The molecule has 23 nitrogen and oxygen atoms in total. The standard InChI is InChI=1S/C68H137N21O2/c69-61(70)77-45-27-15-5-9-21-33-51-88(52-34-22-10-6-18-29-47-79-63(72)84-56-59-39-40-59)68(91)87-66(75)82-50-32-20-8-12-24-36-54-89(53-35-23-11-7-19-30-48-80-64(73)85-57-60-41-42-60)67(90)86-65(74)81-49-31-17-4-2-14-26-44-76-43-25-13-1-3-16-28-46-78-62(71)83-55-58-37-38-58/h58-60,76H,1-57H2,(H4,69,70,77)(H3,71,78,83)(H3,72,79,84)(H3,73,80,85)(H3,74,81,86,90)(H3,75,82,87,91). The second kappa shape index (κ2) is 56.1. The molecule has 0 bridgehead atoms. The van der Waals surface area contributed by atoms with Gasteiger partial charge in [-0.1, -0.05) is 154 Å². The van der Waals surface area contributed by atoms with Crippen LogP contribution in [-0.2, 0) is 0 Å². The van der Waals surface area contributed by atoms with Crippen molar-refractivity contribution in [1.82, 2.24) is 73.6 Å². The summed E-state index contributed by atoms with van der Waals surface area (Å²) >= 11 is 0. The van der Waals surface area contributed by atoms with Gasteiger partial charge in [-0.3, -0.25) is 43.1 Å². The highest BCUT2D eigenvalue weighted by Crippen LogP contribution is 2.28. The van der Waals surface area contributed by atoms with E-state index in [1.165, 1.54) is 96.3 Å². The van der Waals surface area contributed by atoms with Crippen molar-refractivity contribution in [3.63, 3.8) is 0 Å². The fourth-order valence-electron chi connectivity index (χ4n) is 11.1. The number of unbranched alkanes of at least 4 members (excludes halogenated alkanes) is 30. The molecule has 4 amide bonds. The first-order valence-electron chi connectivity index (χ1n) is 37.2. The molecule has 0 aromatic carbocycles. The predicted molar refractivity (Wildman–Crippen MR) is 380 cm³/mol. The number of carbonyl (C=O) groups excluding carboxylic acids is 2. The summed E-state index contributed by atoms with van der Waals surface area (Å²) in [6, 6.07) is -0.408. The lowest BCUT2D eigenvalue weighted by Crippen LogP contribution is -2.48. The summed E-state index contributed by atoms with van der Waals surface area (Å²) < 4.78 is 0. The largest absolute Gasteiger partial charge is 0.370 e. The lowest BCUT2D eigenvalue weighted by molar-refractivity contribution is 0.199. The van der Waals surface area contributed by atoms with Gasteiger partial charge >= 0.3 is 12.1 Å². The summed E-state index contributed by atoms with van der Waals surface area (Å²) in [4.78, 5) is 30.8. The van der Waals surface area contributed by atoms with Gasteiger partial charge in [0.1, 0.15) is 0 Å². The maximum atomic E-state index is 13.6. The zero-order chi connectivity index (χ0) is 65.3. The van der Waals surface area contributed by atoms with Crippen LogP contribution in [0.1, 0.15) is 270 Å². The van der Waals surface area contributed by atoms with Gasteiger partial charge in [0, 0.05) is 85.1 Å². The van der Waals surface area contributed by atoms with Gasteiger partial charge in [0.05, 0.1) is 0 Å². The molecule has 23 heteroatoms. The second-order valence-corrected chi connectivity index (χ2v) is 26.6. The number of carbonyl (C=O) groups is 2. The molecule has 0 unspecified atom stereocenters. The van der Waals surface area contributed by atoms with Crippen LogP contribution in [0.5, 0.6) is 0 Å². The first-order chi connectivity index (χ1) is 44.5. The highest BCUT2D eigenvalue weighted by atomic mass is 16.2. The van der Waals surface area contributed by atoms with Gasteiger partial charge < -0.3 is 68.7 Å². The van der Waals surface area contributed by atoms with E-state index >= 15 is 0 Å². The fraction of sp³-hybridized carbons (Fsp3) is 0.882. The molecular weight excluding hydrogens is 1140 g/mol. The Bertz CT molecular complexity index is 1900. The van der Waals surface area contributed by atoms with Crippen LogP contribution >= 0.6 is 0 Å². The van der Waals surface area contributed by atoms with Crippen molar-refractivity contribution in [2.45, 2.75) is 270 Å². The molecule has 20 N–H and O–H groups in total. The van der Waals surface area contributed by atoms with Gasteiger partial charge in [0.15, 0.2) is 35.8 Å². The van der Waals surface area contributed by atoms with E-state index in [0.717, 1.165) is 250 Å². The molecule has 3 aliphatic rings. The quantitative estimate of drug-likeness (QED) is 0.0153. The summed E-state index contributed by atoms with van der Waals surface area (Å²) in [5.41, 5.74) is 5.39. The molecule has 3 saturated carbocycles. The first-order valence-corrected chi connectivity index (χ1v) is 37.2. The number of hydrogen-bond acceptors (Lipinski definition) is 9. The molecular formula is C68H137N21O2. The van der Waals surface area contributed by atoms with E-state index in [-0.39, 0.29) is 29.9 Å². The number of nitrogens with zero attached hydrogens (tertiary/aromatic N) is 2. The summed E-state index contributed by atoms with van der Waals surface area (Å²) in [6.07, 6.45) is 47.1. The van der Waals surface area contributed by atoms with Crippen molar-refractivity contribution in [2.24, 2.45) is 23.5 Å². The third kappa shape index (κ3) is 52.7. The highest BCUT2D eigenvalue weighted by molar-refractivity contribution is 5.95. The molecule has 3 fully saturated rings. The number of rotatable bonds is 60. The van der Waals surface area contributed by atoms with Crippen LogP contribution < -0.4 is 69.5 Å². The Labute approximate surface area is 552 Å². The Hall–Kier alpha value is -5.48. The van der Waals surface area contributed by atoms with Crippen molar-refractivity contribution in [3.8, 4) is 0 Å². The van der Waals surface area contributed by atoms with E-state index in [9.17, 15) is 9.59 Å². The molecule has 3 aliphatic carbocycles. The third-order valence-corrected chi connectivity index (χ3v) is 17.6. The van der Waals surface area contributed by atoms with E-state index in [1.54, 1.807) is 0 Å². The summed E-state index contributed by atoms with van der Waals surface area (Å²) in [5, 5.41) is 85.9. The zero-order valence-electron chi connectivity index (χ0n) is 57.3. The van der Waals surface area contributed by atoms with E-state index < -0.39 is 0 Å². The van der Waals surface area contributed by atoms with Gasteiger partial charge in [-0.2, -0.15) is 0 Å². The van der Waals surface area contributed by atoms with Crippen LogP contribution in [-0.4, -0.2) is 156 Å². The van der Waals surface area contributed by atoms with E-state index in [4.69, 9.17) is 38.2 Å². The topological polar surface area (TPSA) is 354 Å². The van der Waals surface area contributed by atoms with E-state index in [0.29, 0.717) is 57.1 Å². The van der Waals surface area contributed by atoms with E-state index in [1.807, 2.05) is 9.80 Å². The van der Waals surface area contributed by atoms with Gasteiger partial charge in [-0.05, 0) is 146 Å². The smallest absolute Gasteiger partial charge is 0.324 e. The van der Waals surface area contributed by atoms with Gasteiger partial charge in [0.2, 0.25) is 0 Å². The predicted octanol–water partition coefficient (Wildman–Crippen LogP) is 10.7. The average molecular weight is 1280 g/mol. The molecule has 0 radical (unpaired) electrons. The highest BCUT2D eigenvalue weighted by Gasteiger charge is 2.23. The van der Waals surface area contributed by atoms with Crippen molar-refractivity contribution >= 4 is 47.8 Å². The van der Waals surface area contributed by atoms with Crippen molar-refractivity contribution in [1.29, 1.82) is 32.5 Å². The lowest BCUT2D eigenvalue weighted by Gasteiger charge is -2.24. The minimum absolute atomic E-state index is 0.0169. The van der Waals surface area contributed by atoms with E-state index in [2.05, 4.69) is 63.8 Å². The van der Waals surface area contributed by atoms with Crippen LogP contribution in [0.2, 0.25) is 0 Å². The Morgan fingerprint density at radius 1 is 0.275 bits per heavy atom. The normalized spacial score (nSPS) is 13.4. The van der Waals surface area contributed by atoms with Crippen LogP contribution in [0, 0.1) is 50.2 Å². The summed E-state index contributed by atoms with van der Waals surface area (Å²) in [7, 11) is 0. The zero-order valence-corrected chi connectivity index (χ0v) is 57.3. The Balaban J connectivity index is 1.25. The first kappa shape index (κ1) is 79.8. The van der Waals surface area contributed by atoms with Crippen molar-refractivity contribution in [2.75, 3.05) is 98.2 Å². The molecule has 526 valence electrons. The molecule has 0 heterocycles. The van der Waals surface area contributed by atoms with Gasteiger partial charge in [0.25, 0.3) is 0 Å². The van der Waals surface area contributed by atoms with Gasteiger partial charge in [-0.15, -0.1) is 0 Å². The summed E-state index contributed by atoms with van der Waals surface area (Å²) in [5.74, 6) is 3.81. The Morgan fingerprint density at radius 2 is 0.484 bits per heavy atom. The molecule has 0 aromatic heterocycles. The molecule has 0 aromatic rings. The summed E-state index contributed by atoms with van der Waals surface area (Å²) in [6.45, 7) is 12.2. The number of urea groups is 2. The fourth-order valence-corrected chi connectivity index (χ4v) is 11.1. The monoisotopic (exact) mass is 1280 g/mol. The number of nitrogens with one attached hydrogen (secondary N) is 18.